The zero-order chi connectivity index (χ0) is 14.7. The molecule has 2 nitrogen and oxygen atoms in total. The van der Waals surface area contributed by atoms with Crippen molar-refractivity contribution in [2.75, 3.05) is 0 Å². The van der Waals surface area contributed by atoms with Gasteiger partial charge in [0.2, 0.25) is 0 Å². The second-order valence-electron chi connectivity index (χ2n) is 4.48. The number of rotatable bonds is 4. The van der Waals surface area contributed by atoms with E-state index in [0.717, 1.165) is 0 Å². The summed E-state index contributed by atoms with van der Waals surface area (Å²) in [5, 5.41) is 13.1. The second kappa shape index (κ2) is 6.20. The Hall–Kier alpha value is -1.65. The first-order chi connectivity index (χ1) is 9.50. The Morgan fingerprint density at radius 1 is 1.15 bits per heavy atom. The minimum atomic E-state index is -0.603. The minimum absolute atomic E-state index is 0.0287. The number of phenolic OH excluding ortho intramolecular Hbond substituents is 1. The van der Waals surface area contributed by atoms with E-state index in [0.29, 0.717) is 10.6 Å². The summed E-state index contributed by atoms with van der Waals surface area (Å²) in [6, 6.07) is 7.98. The zero-order valence-electron chi connectivity index (χ0n) is 10.8. The van der Waals surface area contributed by atoms with Gasteiger partial charge in [0.05, 0.1) is 0 Å². The molecular formula is C15H14ClF2NO. The van der Waals surface area contributed by atoms with Crippen molar-refractivity contribution in [2.45, 2.75) is 19.5 Å². The summed E-state index contributed by atoms with van der Waals surface area (Å²) in [4.78, 5) is 0. The average Bonchev–Trinajstić information content (AvgIpc) is 2.38. The number of halogens is 3. The fraction of sp³-hybridized carbons (Fsp3) is 0.200. The summed E-state index contributed by atoms with van der Waals surface area (Å²) in [7, 11) is 0. The van der Waals surface area contributed by atoms with Crippen LogP contribution < -0.4 is 5.32 Å². The van der Waals surface area contributed by atoms with Crippen molar-refractivity contribution in [3.05, 3.63) is 64.2 Å². The van der Waals surface area contributed by atoms with Gasteiger partial charge in [0.1, 0.15) is 17.4 Å². The van der Waals surface area contributed by atoms with Crippen LogP contribution in [0.3, 0.4) is 0 Å². The Balaban J connectivity index is 2.15. The number of benzene rings is 2. The molecule has 1 atom stereocenters. The molecule has 1 unspecified atom stereocenters. The molecule has 0 aliphatic heterocycles. The molecule has 0 fully saturated rings. The maximum Gasteiger partial charge on any atom is 0.130 e. The normalized spacial score (nSPS) is 12.4. The number of hydrogen-bond donors (Lipinski definition) is 2. The molecule has 0 amide bonds. The van der Waals surface area contributed by atoms with E-state index in [9.17, 15) is 13.9 Å². The molecule has 2 aromatic rings. The SMILES string of the molecule is CC(NCc1c(O)cccc1Cl)c1c(F)cccc1F. The van der Waals surface area contributed by atoms with Crippen LogP contribution in [-0.2, 0) is 6.54 Å². The van der Waals surface area contributed by atoms with Gasteiger partial charge in [0, 0.05) is 28.7 Å². The van der Waals surface area contributed by atoms with Gasteiger partial charge in [0.15, 0.2) is 0 Å². The summed E-state index contributed by atoms with van der Waals surface area (Å²) in [6.45, 7) is 1.86. The minimum Gasteiger partial charge on any atom is -0.508 e. The van der Waals surface area contributed by atoms with Gasteiger partial charge in [-0.3, -0.25) is 0 Å². The molecule has 0 saturated heterocycles. The van der Waals surface area contributed by atoms with Gasteiger partial charge < -0.3 is 10.4 Å². The highest BCUT2D eigenvalue weighted by atomic mass is 35.5. The van der Waals surface area contributed by atoms with Crippen molar-refractivity contribution in [3.63, 3.8) is 0 Å². The first-order valence-electron chi connectivity index (χ1n) is 6.14. The van der Waals surface area contributed by atoms with Crippen molar-refractivity contribution in [1.82, 2.24) is 5.32 Å². The predicted molar refractivity (Wildman–Crippen MR) is 74.7 cm³/mol. The Bertz CT molecular complexity index is 578. The topological polar surface area (TPSA) is 32.3 Å². The van der Waals surface area contributed by atoms with Crippen LogP contribution in [0.15, 0.2) is 36.4 Å². The van der Waals surface area contributed by atoms with Crippen LogP contribution in [0, 0.1) is 11.6 Å². The molecule has 0 aliphatic rings. The van der Waals surface area contributed by atoms with E-state index in [1.807, 2.05) is 0 Å². The third-order valence-corrected chi connectivity index (χ3v) is 3.47. The molecule has 5 heteroatoms. The highest BCUT2D eigenvalue weighted by Crippen LogP contribution is 2.26. The van der Waals surface area contributed by atoms with Gasteiger partial charge in [-0.2, -0.15) is 0 Å². The molecule has 2 N–H and O–H groups in total. The second-order valence-corrected chi connectivity index (χ2v) is 4.88. The Labute approximate surface area is 121 Å². The van der Waals surface area contributed by atoms with Crippen molar-refractivity contribution in [2.24, 2.45) is 0 Å². The van der Waals surface area contributed by atoms with Gasteiger partial charge in [-0.25, -0.2) is 8.78 Å². The molecule has 0 aromatic heterocycles. The van der Waals surface area contributed by atoms with Crippen molar-refractivity contribution >= 4 is 11.6 Å². The molecule has 106 valence electrons. The van der Waals surface area contributed by atoms with Crippen LogP contribution in [0.5, 0.6) is 5.75 Å². The maximum atomic E-state index is 13.6. The lowest BCUT2D eigenvalue weighted by molar-refractivity contribution is 0.453. The quantitative estimate of drug-likeness (QED) is 0.887. The van der Waals surface area contributed by atoms with Gasteiger partial charge in [-0.05, 0) is 31.2 Å². The van der Waals surface area contributed by atoms with E-state index in [-0.39, 0.29) is 17.9 Å². The van der Waals surface area contributed by atoms with E-state index in [1.165, 1.54) is 24.3 Å². The summed E-state index contributed by atoms with van der Waals surface area (Å²) >= 11 is 5.97. The van der Waals surface area contributed by atoms with Crippen LogP contribution in [0.1, 0.15) is 24.1 Å². The van der Waals surface area contributed by atoms with Crippen LogP contribution in [0.25, 0.3) is 0 Å². The van der Waals surface area contributed by atoms with Crippen molar-refractivity contribution in [3.8, 4) is 5.75 Å². The third-order valence-electron chi connectivity index (χ3n) is 3.11. The molecule has 0 radical (unpaired) electrons. The predicted octanol–water partition coefficient (Wildman–Crippen LogP) is 4.17. The fourth-order valence-electron chi connectivity index (χ4n) is 2.00. The molecule has 0 bridgehead atoms. The third kappa shape index (κ3) is 3.08. The fourth-order valence-corrected chi connectivity index (χ4v) is 2.24. The van der Waals surface area contributed by atoms with E-state index in [1.54, 1.807) is 19.1 Å². The van der Waals surface area contributed by atoms with Crippen molar-refractivity contribution < 1.29 is 13.9 Å². The highest BCUT2D eigenvalue weighted by molar-refractivity contribution is 6.31. The van der Waals surface area contributed by atoms with Gasteiger partial charge >= 0.3 is 0 Å². The van der Waals surface area contributed by atoms with E-state index < -0.39 is 17.7 Å². The lowest BCUT2D eigenvalue weighted by Gasteiger charge is -2.17. The van der Waals surface area contributed by atoms with Gasteiger partial charge in [-0.1, -0.05) is 23.7 Å². The largest absolute Gasteiger partial charge is 0.508 e. The van der Waals surface area contributed by atoms with Crippen LogP contribution >= 0.6 is 11.6 Å². The molecule has 0 aliphatic carbocycles. The average molecular weight is 298 g/mol. The zero-order valence-corrected chi connectivity index (χ0v) is 11.6. The van der Waals surface area contributed by atoms with E-state index in [2.05, 4.69) is 5.32 Å². The Kier molecular flexibility index (Phi) is 4.57. The monoisotopic (exact) mass is 297 g/mol. The van der Waals surface area contributed by atoms with E-state index >= 15 is 0 Å². The lowest BCUT2D eigenvalue weighted by Crippen LogP contribution is -2.20. The number of nitrogens with one attached hydrogen (secondary N) is 1. The Morgan fingerprint density at radius 3 is 2.35 bits per heavy atom. The summed E-state index contributed by atoms with van der Waals surface area (Å²) in [5.74, 6) is -1.16. The molecule has 20 heavy (non-hydrogen) atoms. The molecule has 0 heterocycles. The first kappa shape index (κ1) is 14.8. The van der Waals surface area contributed by atoms with Crippen LogP contribution in [0.4, 0.5) is 8.78 Å². The first-order valence-corrected chi connectivity index (χ1v) is 6.52. The van der Waals surface area contributed by atoms with Crippen molar-refractivity contribution in [1.29, 1.82) is 0 Å². The highest BCUT2D eigenvalue weighted by Gasteiger charge is 2.16. The number of hydrogen-bond acceptors (Lipinski definition) is 2. The number of phenols is 1. The summed E-state index contributed by atoms with van der Waals surface area (Å²) in [5.41, 5.74) is 0.469. The lowest BCUT2D eigenvalue weighted by atomic mass is 10.1. The number of aromatic hydroxyl groups is 1. The van der Waals surface area contributed by atoms with Crippen LogP contribution in [-0.4, -0.2) is 5.11 Å². The van der Waals surface area contributed by atoms with E-state index in [4.69, 9.17) is 11.6 Å². The summed E-state index contributed by atoms with van der Waals surface area (Å²) in [6.07, 6.45) is 0. The van der Waals surface area contributed by atoms with Gasteiger partial charge in [0.25, 0.3) is 0 Å². The maximum absolute atomic E-state index is 13.6. The molecule has 0 saturated carbocycles. The Morgan fingerprint density at radius 2 is 1.75 bits per heavy atom. The smallest absolute Gasteiger partial charge is 0.130 e. The molecule has 0 spiro atoms. The van der Waals surface area contributed by atoms with Crippen LogP contribution in [0.2, 0.25) is 5.02 Å². The molecular weight excluding hydrogens is 284 g/mol. The summed E-state index contributed by atoms with van der Waals surface area (Å²) < 4.78 is 27.3. The van der Waals surface area contributed by atoms with Gasteiger partial charge in [-0.15, -0.1) is 0 Å². The standard InChI is InChI=1S/C15H14ClF2NO/c1-9(15-12(17)5-3-6-13(15)18)19-8-10-11(16)4-2-7-14(10)20/h2-7,9,19-20H,8H2,1H3. The molecule has 2 aromatic carbocycles. The molecule has 2 rings (SSSR count).